The number of carboxylic acids is 1. The molecule has 1 atom stereocenters. The molecule has 1 aromatic rings. The number of hydrogen-bond donors (Lipinski definition) is 1. The molecule has 1 unspecified atom stereocenters. The van der Waals surface area contributed by atoms with E-state index in [4.69, 9.17) is 6.48 Å². The number of alkyl halides is 5. The molecule has 0 amide bonds. The van der Waals surface area contributed by atoms with Crippen LogP contribution < -0.4 is 4.74 Å². The molecular weight excluding hydrogens is 379 g/mol. The van der Waals surface area contributed by atoms with E-state index in [1.54, 1.807) is 0 Å². The Hall–Kier alpha value is -1.64. The summed E-state index contributed by atoms with van der Waals surface area (Å²) in [5.41, 5.74) is -2.25. The van der Waals surface area contributed by atoms with Gasteiger partial charge in [-0.15, -0.1) is 0 Å². The van der Waals surface area contributed by atoms with Crippen molar-refractivity contribution in [2.24, 2.45) is 0 Å². The van der Waals surface area contributed by atoms with E-state index in [1.807, 2.05) is 0 Å². The van der Waals surface area contributed by atoms with Crippen molar-refractivity contribution < 1.29 is 38.0 Å². The summed E-state index contributed by atoms with van der Waals surface area (Å²) in [6, 6.07) is 2.01. The molecule has 0 spiro atoms. The fraction of sp³-hybridized carbons (Fsp3) is 0.308. The molecule has 2 rings (SSSR count). The van der Waals surface area contributed by atoms with Crippen LogP contribution in [0.2, 0.25) is 0 Å². The molecule has 120 valence electrons. The Morgan fingerprint density at radius 2 is 2.00 bits per heavy atom. The van der Waals surface area contributed by atoms with Gasteiger partial charge in [-0.05, 0) is 18.2 Å². The highest BCUT2D eigenvalue weighted by atomic mass is 79.9. The predicted molar refractivity (Wildman–Crippen MR) is 69.8 cm³/mol. The number of hydrogen-bond acceptors (Lipinski definition) is 2. The molecule has 0 saturated carbocycles. The van der Waals surface area contributed by atoms with Crippen molar-refractivity contribution in [1.29, 1.82) is 0 Å². The van der Waals surface area contributed by atoms with Gasteiger partial charge in [0.25, 0.3) is 5.92 Å². The van der Waals surface area contributed by atoms with Gasteiger partial charge in [-0.3, -0.25) is 0 Å². The summed E-state index contributed by atoms with van der Waals surface area (Å²) in [5, 5.41) is 8.90. The lowest BCUT2D eigenvalue weighted by atomic mass is 9.97. The van der Waals surface area contributed by atoms with Crippen LogP contribution in [0.25, 0.3) is 6.08 Å². The highest BCUT2D eigenvalue weighted by Crippen LogP contribution is 2.45. The second-order valence-electron chi connectivity index (χ2n) is 4.52. The van der Waals surface area contributed by atoms with E-state index in [0.29, 0.717) is 6.08 Å². The van der Waals surface area contributed by atoms with Crippen LogP contribution in [0.5, 0.6) is 5.75 Å². The number of carboxylic acid groups (broad SMARTS) is 1. The predicted octanol–water partition coefficient (Wildman–Crippen LogP) is 4.35. The lowest BCUT2D eigenvalue weighted by Crippen LogP contribution is -2.40. The van der Waals surface area contributed by atoms with Gasteiger partial charge in [-0.2, -0.15) is 13.2 Å². The Balaban J connectivity index is 2.71. The van der Waals surface area contributed by atoms with Gasteiger partial charge in [-0.1, -0.05) is 15.9 Å². The smallest absolute Gasteiger partial charge is 0.430 e. The average Bonchev–Trinajstić information content (AvgIpc) is 2.43. The minimum Gasteiger partial charge on any atom is -0.478 e. The fourth-order valence-electron chi connectivity index (χ4n) is 1.97. The van der Waals surface area contributed by atoms with Crippen LogP contribution in [-0.2, 0) is 10.7 Å². The maximum Gasteiger partial charge on any atom is 0.430 e. The maximum absolute atomic E-state index is 13.8. The lowest BCUT2D eigenvalue weighted by Gasteiger charge is -2.29. The fourth-order valence-corrected chi connectivity index (χ4v) is 2.44. The topological polar surface area (TPSA) is 46.5 Å². The van der Waals surface area contributed by atoms with Crippen molar-refractivity contribution in [2.45, 2.75) is 25.1 Å². The molecule has 22 heavy (non-hydrogen) atoms. The number of halogens is 6. The van der Waals surface area contributed by atoms with Gasteiger partial charge in [0.1, 0.15) is 5.75 Å². The van der Waals surface area contributed by atoms with Crippen LogP contribution in [0.15, 0.2) is 22.2 Å². The number of carbonyl (C=O) groups is 1. The molecule has 0 fully saturated rings. The average molecular weight is 388 g/mol. The van der Waals surface area contributed by atoms with Gasteiger partial charge in [0.2, 0.25) is 6.10 Å². The minimum absolute atomic E-state index is 0.0921. The molecule has 3 nitrogen and oxygen atoms in total. The number of fused-ring (bicyclic) bond motifs is 1. The highest BCUT2D eigenvalue weighted by Gasteiger charge is 2.49. The summed E-state index contributed by atoms with van der Waals surface area (Å²) < 4.78 is 78.1. The molecular formula is C13H8BrF5O3. The SMILES string of the molecule is [2H]CC(F)(F)c1cc(Br)cc2c1OC(C(F)(F)F)C(C(=O)O)=C2. The summed E-state index contributed by atoms with van der Waals surface area (Å²) in [4.78, 5) is 11.0. The Morgan fingerprint density at radius 3 is 2.50 bits per heavy atom. The largest absolute Gasteiger partial charge is 0.478 e. The zero-order valence-electron chi connectivity index (χ0n) is 11.5. The second kappa shape index (κ2) is 5.22. The summed E-state index contributed by atoms with van der Waals surface area (Å²) >= 11 is 2.93. The van der Waals surface area contributed by atoms with E-state index >= 15 is 0 Å². The van der Waals surface area contributed by atoms with Crippen molar-refractivity contribution in [1.82, 2.24) is 0 Å². The van der Waals surface area contributed by atoms with Crippen molar-refractivity contribution in [3.63, 3.8) is 0 Å². The third-order valence-corrected chi connectivity index (χ3v) is 3.31. The standard InChI is InChI=1S/C13H8BrF5O3/c1-12(15,16)8-4-6(14)2-5-3-7(11(20)21)10(13(17,18)19)22-9(5)8/h2-4,10H,1H3,(H,20,21)/i1D. The van der Waals surface area contributed by atoms with E-state index in [0.717, 1.165) is 12.1 Å². The van der Waals surface area contributed by atoms with E-state index in [2.05, 4.69) is 20.7 Å². The molecule has 1 aromatic carbocycles. The maximum atomic E-state index is 13.8. The molecule has 0 radical (unpaired) electrons. The highest BCUT2D eigenvalue weighted by molar-refractivity contribution is 9.10. The first kappa shape index (κ1) is 15.3. The first-order valence-electron chi connectivity index (χ1n) is 6.37. The van der Waals surface area contributed by atoms with E-state index in [1.165, 1.54) is 0 Å². The zero-order valence-corrected chi connectivity index (χ0v) is 12.1. The minimum atomic E-state index is -5.09. The molecule has 9 heteroatoms. The lowest BCUT2D eigenvalue weighted by molar-refractivity contribution is -0.187. The molecule has 1 N–H and O–H groups in total. The number of ether oxygens (including phenoxy) is 1. The molecule has 0 bridgehead atoms. The van der Waals surface area contributed by atoms with Gasteiger partial charge in [0, 0.05) is 18.3 Å². The first-order chi connectivity index (χ1) is 10.5. The van der Waals surface area contributed by atoms with Crippen LogP contribution >= 0.6 is 15.9 Å². The molecule has 1 heterocycles. The Kier molecular flexibility index (Phi) is 3.62. The van der Waals surface area contributed by atoms with Gasteiger partial charge >= 0.3 is 12.1 Å². The zero-order chi connectivity index (χ0) is 17.6. The summed E-state index contributed by atoms with van der Waals surface area (Å²) in [6.45, 7) is -1.40. The van der Waals surface area contributed by atoms with Crippen molar-refractivity contribution in [2.75, 3.05) is 0 Å². The molecule has 1 aliphatic heterocycles. The number of aliphatic carboxylic acids is 1. The van der Waals surface area contributed by atoms with Crippen LogP contribution in [0.4, 0.5) is 22.0 Å². The Bertz CT molecular complexity index is 687. The van der Waals surface area contributed by atoms with Crippen LogP contribution in [0, 0.1) is 0 Å². The number of benzene rings is 1. The quantitative estimate of drug-likeness (QED) is 0.767. The van der Waals surface area contributed by atoms with Gasteiger partial charge in [0.15, 0.2) is 0 Å². The monoisotopic (exact) mass is 387 g/mol. The summed E-state index contributed by atoms with van der Waals surface area (Å²) in [6.07, 6.45) is -7.32. The van der Waals surface area contributed by atoms with E-state index in [-0.39, 0.29) is 10.0 Å². The van der Waals surface area contributed by atoms with Gasteiger partial charge < -0.3 is 9.84 Å². The first-order valence-corrected chi connectivity index (χ1v) is 6.46. The van der Waals surface area contributed by atoms with E-state index < -0.39 is 48.0 Å². The van der Waals surface area contributed by atoms with Gasteiger partial charge in [-0.25, -0.2) is 13.6 Å². The van der Waals surface area contributed by atoms with Gasteiger partial charge in [0.05, 0.1) is 11.1 Å². The van der Waals surface area contributed by atoms with Crippen LogP contribution in [0.3, 0.4) is 0 Å². The third kappa shape index (κ3) is 3.08. The summed E-state index contributed by atoms with van der Waals surface area (Å²) in [5.74, 6) is -6.40. The Labute approximate surface area is 130 Å². The Morgan fingerprint density at radius 1 is 1.36 bits per heavy atom. The number of rotatable bonds is 2. The van der Waals surface area contributed by atoms with Crippen molar-refractivity contribution in [3.8, 4) is 5.75 Å². The van der Waals surface area contributed by atoms with Crippen LogP contribution in [-0.4, -0.2) is 23.4 Å². The van der Waals surface area contributed by atoms with Crippen molar-refractivity contribution in [3.05, 3.63) is 33.3 Å². The molecule has 0 aromatic heterocycles. The second-order valence-corrected chi connectivity index (χ2v) is 5.44. The van der Waals surface area contributed by atoms with Crippen molar-refractivity contribution >= 4 is 28.0 Å². The molecule has 0 saturated heterocycles. The summed E-state index contributed by atoms with van der Waals surface area (Å²) in [7, 11) is 0. The van der Waals surface area contributed by atoms with Crippen LogP contribution in [0.1, 0.15) is 19.4 Å². The third-order valence-electron chi connectivity index (χ3n) is 2.85. The molecule has 0 aliphatic carbocycles. The molecule has 1 aliphatic rings. The normalized spacial score (nSPS) is 18.9. The van der Waals surface area contributed by atoms with E-state index in [9.17, 15) is 26.7 Å².